The Morgan fingerprint density at radius 3 is 2.75 bits per heavy atom. The summed E-state index contributed by atoms with van der Waals surface area (Å²) in [6.07, 6.45) is 3.40. The number of pyridine rings is 1. The second-order valence-corrected chi connectivity index (χ2v) is 8.06. The average Bonchev–Trinajstić information content (AvgIpc) is 3.25. The van der Waals surface area contributed by atoms with Crippen LogP contribution < -0.4 is 14.4 Å². The fourth-order valence-electron chi connectivity index (χ4n) is 4.00. The molecular weight excluding hydrogens is 404 g/mol. The van der Waals surface area contributed by atoms with Crippen molar-refractivity contribution in [2.45, 2.75) is 32.5 Å². The van der Waals surface area contributed by atoms with E-state index in [4.69, 9.17) is 14.2 Å². The lowest BCUT2D eigenvalue weighted by Crippen LogP contribution is -2.25. The molecule has 0 amide bonds. The van der Waals surface area contributed by atoms with Gasteiger partial charge in [-0.05, 0) is 48.7 Å². The van der Waals surface area contributed by atoms with Gasteiger partial charge in [-0.1, -0.05) is 24.3 Å². The average molecular weight is 435 g/mol. The molecule has 4 rings (SSSR count). The molecule has 6 nitrogen and oxygen atoms in total. The van der Waals surface area contributed by atoms with Crippen LogP contribution in [0, 0.1) is 6.92 Å². The minimum Gasteiger partial charge on any atom is -0.472 e. The largest absolute Gasteiger partial charge is 0.472 e. The third-order valence-electron chi connectivity index (χ3n) is 5.59. The van der Waals surface area contributed by atoms with E-state index in [1.807, 2.05) is 61.7 Å². The minimum atomic E-state index is 0.0811. The van der Waals surface area contributed by atoms with Gasteiger partial charge in [0.2, 0.25) is 5.88 Å². The highest BCUT2D eigenvalue weighted by Gasteiger charge is 2.26. The molecule has 0 spiro atoms. The lowest BCUT2D eigenvalue weighted by molar-refractivity contribution is 0.182. The molecule has 0 aliphatic carbocycles. The van der Waals surface area contributed by atoms with Crippen molar-refractivity contribution in [3.63, 3.8) is 0 Å². The summed E-state index contributed by atoms with van der Waals surface area (Å²) in [4.78, 5) is 6.67. The quantitative estimate of drug-likeness (QED) is 0.534. The Labute approximate surface area is 189 Å². The Bertz CT molecular complexity index is 1020. The first-order valence-corrected chi connectivity index (χ1v) is 11.0. The topological polar surface area (TPSA) is 64.1 Å². The van der Waals surface area contributed by atoms with Crippen LogP contribution in [-0.2, 0) is 17.8 Å². The first kappa shape index (κ1) is 22.1. The summed E-state index contributed by atoms with van der Waals surface area (Å²) >= 11 is 0. The number of para-hydroxylation sites is 1. The number of aliphatic hydroxyl groups excluding tert-OH is 1. The van der Waals surface area contributed by atoms with E-state index < -0.39 is 0 Å². The van der Waals surface area contributed by atoms with Crippen molar-refractivity contribution >= 4 is 5.69 Å². The fourth-order valence-corrected chi connectivity index (χ4v) is 4.00. The number of aryl methyl sites for hydroxylation is 1. The van der Waals surface area contributed by atoms with E-state index in [2.05, 4.69) is 16.0 Å². The highest BCUT2D eigenvalue weighted by molar-refractivity contribution is 5.58. The number of aliphatic hydroxyl groups is 1. The number of nitrogens with zero attached hydrogens (tertiary/aromatic N) is 2. The smallest absolute Gasteiger partial charge is 0.213 e. The van der Waals surface area contributed by atoms with Gasteiger partial charge in [0.15, 0.2) is 0 Å². The Balaban J connectivity index is 1.48. The van der Waals surface area contributed by atoms with Crippen LogP contribution >= 0.6 is 0 Å². The minimum absolute atomic E-state index is 0.0811. The third kappa shape index (κ3) is 5.39. The Kier molecular flexibility index (Phi) is 7.24. The summed E-state index contributed by atoms with van der Waals surface area (Å²) in [7, 11) is 1.67. The number of benzene rings is 2. The van der Waals surface area contributed by atoms with Crippen LogP contribution in [0.25, 0.3) is 0 Å². The number of aromatic nitrogens is 1. The van der Waals surface area contributed by atoms with Crippen molar-refractivity contribution in [3.8, 4) is 17.4 Å². The van der Waals surface area contributed by atoms with Crippen molar-refractivity contribution < 1.29 is 19.3 Å². The molecule has 1 atom stereocenters. The predicted octanol–water partition coefficient (Wildman–Crippen LogP) is 4.52. The van der Waals surface area contributed by atoms with Gasteiger partial charge in [-0.25, -0.2) is 4.98 Å². The molecule has 1 saturated heterocycles. The van der Waals surface area contributed by atoms with Crippen LogP contribution in [0.3, 0.4) is 0 Å². The molecular formula is C26H30N2O4. The van der Waals surface area contributed by atoms with Crippen molar-refractivity contribution in [1.29, 1.82) is 0 Å². The number of rotatable bonds is 9. The number of ether oxygens (including phenoxy) is 3. The molecule has 2 aromatic carbocycles. The first-order chi connectivity index (χ1) is 15.7. The maximum Gasteiger partial charge on any atom is 0.213 e. The second kappa shape index (κ2) is 10.5. The number of hydrogen-bond donors (Lipinski definition) is 1. The van der Waals surface area contributed by atoms with E-state index in [0.717, 1.165) is 53.4 Å². The Morgan fingerprint density at radius 1 is 1.09 bits per heavy atom. The van der Waals surface area contributed by atoms with Gasteiger partial charge >= 0.3 is 0 Å². The zero-order valence-electron chi connectivity index (χ0n) is 18.7. The molecule has 1 aromatic heterocycles. The van der Waals surface area contributed by atoms with Gasteiger partial charge in [0, 0.05) is 50.2 Å². The van der Waals surface area contributed by atoms with Crippen molar-refractivity contribution in [3.05, 3.63) is 77.5 Å². The van der Waals surface area contributed by atoms with Crippen molar-refractivity contribution in [2.24, 2.45) is 0 Å². The van der Waals surface area contributed by atoms with E-state index in [0.29, 0.717) is 18.9 Å². The standard InChI is InChI=1S/C26H30N2O4/c1-19-7-10-26(27-16-19)32-23-11-13-28(17-23)24-9-8-22(15-20(24)12-14-29)31-25-6-4-3-5-21(25)18-30-2/h3-10,15-16,23,29H,11-14,17-18H2,1-2H3. The summed E-state index contributed by atoms with van der Waals surface area (Å²) < 4.78 is 17.5. The van der Waals surface area contributed by atoms with Gasteiger partial charge in [-0.2, -0.15) is 0 Å². The van der Waals surface area contributed by atoms with Gasteiger partial charge in [0.1, 0.15) is 17.6 Å². The lowest BCUT2D eigenvalue weighted by atomic mass is 10.1. The Hall–Kier alpha value is -3.09. The molecule has 6 heteroatoms. The summed E-state index contributed by atoms with van der Waals surface area (Å²) in [6.45, 7) is 4.26. The monoisotopic (exact) mass is 434 g/mol. The third-order valence-corrected chi connectivity index (χ3v) is 5.59. The molecule has 1 aliphatic heterocycles. The van der Waals surface area contributed by atoms with Crippen LogP contribution in [0.1, 0.15) is 23.1 Å². The highest BCUT2D eigenvalue weighted by Crippen LogP contribution is 2.33. The zero-order valence-corrected chi connectivity index (χ0v) is 18.7. The first-order valence-electron chi connectivity index (χ1n) is 11.0. The van der Waals surface area contributed by atoms with Crippen molar-refractivity contribution in [2.75, 3.05) is 31.7 Å². The van der Waals surface area contributed by atoms with Gasteiger partial charge in [-0.15, -0.1) is 0 Å². The van der Waals surface area contributed by atoms with E-state index in [1.54, 1.807) is 7.11 Å². The van der Waals surface area contributed by atoms with E-state index in [-0.39, 0.29) is 12.7 Å². The molecule has 1 N–H and O–H groups in total. The number of methoxy groups -OCH3 is 1. The molecule has 3 aromatic rings. The van der Waals surface area contributed by atoms with Crippen LogP contribution in [0.2, 0.25) is 0 Å². The summed E-state index contributed by atoms with van der Waals surface area (Å²) in [5, 5.41) is 9.64. The van der Waals surface area contributed by atoms with Gasteiger partial charge < -0.3 is 24.2 Å². The molecule has 1 unspecified atom stereocenters. The van der Waals surface area contributed by atoms with Crippen LogP contribution in [0.4, 0.5) is 5.69 Å². The molecule has 0 saturated carbocycles. The molecule has 2 heterocycles. The van der Waals surface area contributed by atoms with E-state index in [9.17, 15) is 5.11 Å². The lowest BCUT2D eigenvalue weighted by Gasteiger charge is -2.23. The maximum absolute atomic E-state index is 9.64. The van der Waals surface area contributed by atoms with Gasteiger partial charge in [0.25, 0.3) is 0 Å². The zero-order chi connectivity index (χ0) is 22.3. The normalized spacial score (nSPS) is 15.7. The van der Waals surface area contributed by atoms with Gasteiger partial charge in [0.05, 0.1) is 13.2 Å². The van der Waals surface area contributed by atoms with E-state index >= 15 is 0 Å². The van der Waals surface area contributed by atoms with Crippen LogP contribution in [0.15, 0.2) is 60.8 Å². The number of anilines is 1. The molecule has 168 valence electrons. The van der Waals surface area contributed by atoms with Crippen molar-refractivity contribution in [1.82, 2.24) is 4.98 Å². The van der Waals surface area contributed by atoms with Gasteiger partial charge in [-0.3, -0.25) is 0 Å². The Morgan fingerprint density at radius 2 is 1.97 bits per heavy atom. The van der Waals surface area contributed by atoms with Crippen LogP contribution in [0.5, 0.6) is 17.4 Å². The highest BCUT2D eigenvalue weighted by atomic mass is 16.5. The predicted molar refractivity (Wildman–Crippen MR) is 125 cm³/mol. The molecule has 1 aliphatic rings. The molecule has 0 radical (unpaired) electrons. The maximum atomic E-state index is 9.64. The summed E-state index contributed by atoms with van der Waals surface area (Å²) in [5.74, 6) is 2.19. The SMILES string of the molecule is COCc1ccccc1Oc1ccc(N2CCC(Oc3ccc(C)cn3)C2)c(CCO)c1. The molecule has 32 heavy (non-hydrogen) atoms. The molecule has 0 bridgehead atoms. The number of hydrogen-bond acceptors (Lipinski definition) is 6. The second-order valence-electron chi connectivity index (χ2n) is 8.06. The van der Waals surface area contributed by atoms with E-state index in [1.165, 1.54) is 0 Å². The summed E-state index contributed by atoms with van der Waals surface area (Å²) in [6, 6.07) is 17.9. The molecule has 1 fully saturated rings. The fraction of sp³-hybridized carbons (Fsp3) is 0.346. The van der Waals surface area contributed by atoms with Crippen LogP contribution in [-0.4, -0.2) is 43.0 Å². The summed E-state index contributed by atoms with van der Waals surface area (Å²) in [5.41, 5.74) is 4.28.